The molecule has 0 spiro atoms. The van der Waals surface area contributed by atoms with Gasteiger partial charge in [0.05, 0.1) is 43.3 Å². The van der Waals surface area contributed by atoms with Crippen LogP contribution in [0.3, 0.4) is 0 Å². The van der Waals surface area contributed by atoms with Gasteiger partial charge in [-0.05, 0) is 6.07 Å². The van der Waals surface area contributed by atoms with E-state index >= 15 is 0 Å². The smallest absolute Gasteiger partial charge is 0.475 e. The maximum atomic E-state index is 13.7. The topological polar surface area (TPSA) is 490 Å². The van der Waals surface area contributed by atoms with Gasteiger partial charge in [-0.2, -0.15) is 16.7 Å². The number of carboxylic acids is 1. The highest BCUT2D eigenvalue weighted by atomic mass is 32.2. The van der Waals surface area contributed by atoms with Crippen LogP contribution in [0.1, 0.15) is 20.1 Å². The number of nitrogens with two attached hydrogens (primary N) is 1. The van der Waals surface area contributed by atoms with Crippen LogP contribution in [0, 0.1) is 0 Å². The van der Waals surface area contributed by atoms with E-state index in [2.05, 4.69) is 15.6 Å². The molecular formula is C37H60N5O26PS2. The number of carbonyl (C=O) groups excluding carboxylic acids is 2. The predicted molar refractivity (Wildman–Crippen MR) is 235 cm³/mol. The molecule has 1 aromatic rings. The molecule has 31 nitrogen and oxygen atoms in total. The van der Waals surface area contributed by atoms with Crippen molar-refractivity contribution in [2.75, 3.05) is 49.9 Å². The molecule has 5 heterocycles. The van der Waals surface area contributed by atoms with Gasteiger partial charge in [-0.1, -0.05) is 0 Å². The van der Waals surface area contributed by atoms with E-state index < -0.39 is 179 Å². The highest BCUT2D eigenvalue weighted by Gasteiger charge is 2.65. The zero-order chi connectivity index (χ0) is 52.9. The molecule has 2 amide bonds. The molecule has 22 atom stereocenters. The molecule has 0 radical (unpaired) electrons. The van der Waals surface area contributed by atoms with E-state index in [1.807, 2.05) is 0 Å². The molecule has 17 N–H and O–H groups in total. The maximum absolute atomic E-state index is 13.7. The number of hydrogen-bond acceptors (Lipinski definition) is 28. The Morgan fingerprint density at radius 1 is 0.887 bits per heavy atom. The lowest BCUT2D eigenvalue weighted by atomic mass is 9.88. The van der Waals surface area contributed by atoms with E-state index in [1.54, 1.807) is 0 Å². The highest BCUT2D eigenvalue weighted by molar-refractivity contribution is 8.03. The van der Waals surface area contributed by atoms with E-state index in [0.29, 0.717) is 11.8 Å². The monoisotopic (exact) mass is 1090 g/mol. The van der Waals surface area contributed by atoms with E-state index in [4.69, 9.17) is 43.2 Å². The number of phosphoric ester groups is 1. The molecule has 71 heavy (non-hydrogen) atoms. The van der Waals surface area contributed by atoms with Gasteiger partial charge in [0.25, 0.3) is 5.79 Å². The maximum Gasteiger partial charge on any atom is 0.475 e. The summed E-state index contributed by atoms with van der Waals surface area (Å²) in [5, 5.41) is 131. The normalized spacial score (nSPS) is 39.3. The summed E-state index contributed by atoms with van der Waals surface area (Å²) in [6.45, 7) is -0.959. The van der Waals surface area contributed by atoms with Crippen LogP contribution in [0.25, 0.3) is 0 Å². The molecule has 0 saturated carbocycles. The number of thioether (sulfide) groups is 2. The van der Waals surface area contributed by atoms with Gasteiger partial charge in [-0.3, -0.25) is 18.7 Å². The summed E-state index contributed by atoms with van der Waals surface area (Å²) >= 11 is 1.46. The van der Waals surface area contributed by atoms with Crippen molar-refractivity contribution >= 4 is 54.9 Å². The van der Waals surface area contributed by atoms with Crippen molar-refractivity contribution in [2.45, 2.75) is 141 Å². The molecule has 0 bridgehead atoms. The number of carbonyl (C=O) groups is 3. The number of aliphatic hydroxyl groups is 11. The van der Waals surface area contributed by atoms with Gasteiger partial charge in [0, 0.05) is 44.4 Å². The average molecular weight is 1090 g/mol. The number of hydrogen-bond donors (Lipinski definition) is 16. The lowest BCUT2D eigenvalue weighted by Crippen LogP contribution is -2.73. The fourth-order valence-electron chi connectivity index (χ4n) is 8.12. The van der Waals surface area contributed by atoms with Crippen LogP contribution in [-0.2, 0) is 56.4 Å². The van der Waals surface area contributed by atoms with Gasteiger partial charge in [0.1, 0.15) is 85.1 Å². The molecule has 0 aliphatic carbocycles. The van der Waals surface area contributed by atoms with Gasteiger partial charge in [-0.15, -0.1) is 11.8 Å². The standard InChI is InChI=1S/C37H60N5O26PS2/c1-12(45)39-19-25(52)31(71-7-6-70-11-17-23(50)26(53)28(55)34(65-17)66-29-15(9-44)64-33(61-3)20(24(29)51)40-13(2)46)37(35(56)57,67-30(19)21(48)14(47)8-43)68-69(59,60)62-10-16-22(49)27(54)32(63-16)42-5-4-18(38)41-36(42)58/h4-5,14-17,19-34,43-44,47-55H,6-11H2,1-3H3,(H,39,45)(H,40,46)(H,56,57)(H,59,60)(H2,38,41,58)/t14-,15-,16-,17-,19-,20-,21-,22-,23+,24-,25-,26+,27-,28-,29+,30-,31-,32-,33-,34+,37-/m1/s1. The first kappa shape index (κ1) is 59.1. The van der Waals surface area contributed by atoms with Crippen LogP contribution >= 0.6 is 31.3 Å². The van der Waals surface area contributed by atoms with Crippen molar-refractivity contribution in [3.8, 4) is 0 Å². The number of aliphatic carboxylic acids is 1. The van der Waals surface area contributed by atoms with Crippen LogP contribution in [-0.4, -0.2) is 259 Å². The van der Waals surface area contributed by atoms with E-state index in [1.165, 1.54) is 13.2 Å². The van der Waals surface area contributed by atoms with Crippen LogP contribution in [0.5, 0.6) is 0 Å². The van der Waals surface area contributed by atoms with Gasteiger partial charge >= 0.3 is 19.5 Å². The van der Waals surface area contributed by atoms with Gasteiger partial charge in [0.15, 0.2) is 18.8 Å². The quantitative estimate of drug-likeness (QED) is 0.0379. The average Bonchev–Trinajstić information content (AvgIpc) is 3.59. The number of aliphatic hydroxyl groups excluding tert-OH is 11. The second kappa shape index (κ2) is 25.2. The number of methoxy groups -OCH3 is 1. The third-order valence-corrected chi connectivity index (χ3v) is 15.3. The summed E-state index contributed by atoms with van der Waals surface area (Å²) < 4.78 is 58.2. The number of rotatable bonds is 22. The van der Waals surface area contributed by atoms with Crippen molar-refractivity contribution in [2.24, 2.45) is 0 Å². The minimum Gasteiger partial charge on any atom is -0.477 e. The van der Waals surface area contributed by atoms with Gasteiger partial charge < -0.3 is 111 Å². The molecule has 0 aromatic carbocycles. The molecule has 5 rings (SSSR count). The molecule has 1 unspecified atom stereocenters. The number of aromatic nitrogens is 2. The second-order valence-electron chi connectivity index (χ2n) is 16.6. The number of carboxylic acid groups (broad SMARTS) is 1. The number of nitrogens with zero attached hydrogens (tertiary/aromatic N) is 2. The Morgan fingerprint density at radius 2 is 1.52 bits per heavy atom. The number of amides is 2. The lowest BCUT2D eigenvalue weighted by molar-refractivity contribution is -0.342. The number of nitrogen functional groups attached to an aromatic ring is 1. The minimum atomic E-state index is -5.86. The van der Waals surface area contributed by atoms with E-state index in [9.17, 15) is 89.9 Å². The Kier molecular flexibility index (Phi) is 21.0. The van der Waals surface area contributed by atoms with Crippen molar-refractivity contribution in [1.29, 1.82) is 0 Å². The van der Waals surface area contributed by atoms with Crippen molar-refractivity contribution in [1.82, 2.24) is 20.2 Å². The molecule has 4 aliphatic heterocycles. The van der Waals surface area contributed by atoms with E-state index in [-0.39, 0.29) is 23.1 Å². The van der Waals surface area contributed by atoms with Crippen molar-refractivity contribution in [3.05, 3.63) is 22.7 Å². The van der Waals surface area contributed by atoms with Gasteiger partial charge in [-0.25, -0.2) is 18.7 Å². The zero-order valence-electron chi connectivity index (χ0n) is 37.8. The predicted octanol–water partition coefficient (Wildman–Crippen LogP) is -8.41. The SMILES string of the molecule is CO[C@@H]1O[C@H](CO)[C@H](O[C@@H]2O[C@H](CSCCS[C@@H]3[C@H](O)[C@@H](NC(C)=O)[C@H]([C@H](O)[C@H](O)CO)O[C@]3(OP(=O)(O)OC[C@H]3O[C@@H](n4ccc(N)nc4=O)[C@H](O)[C@@H]3O)C(=O)O)[C@H](O)[C@H](O)[C@H]2O)[C@H](O)[C@H]1NC(C)=O. The van der Waals surface area contributed by atoms with Crippen LogP contribution < -0.4 is 22.1 Å². The first-order valence-electron chi connectivity index (χ1n) is 21.5. The fraction of sp³-hybridized carbons (Fsp3) is 0.811. The van der Waals surface area contributed by atoms with Crippen molar-refractivity contribution in [3.63, 3.8) is 0 Å². The Morgan fingerprint density at radius 3 is 2.11 bits per heavy atom. The third-order valence-electron chi connectivity index (χ3n) is 11.6. The summed E-state index contributed by atoms with van der Waals surface area (Å²) in [4.78, 5) is 64.5. The minimum absolute atomic E-state index is 0.0840. The van der Waals surface area contributed by atoms with Gasteiger partial charge in [0.2, 0.25) is 11.8 Å². The molecule has 4 saturated heterocycles. The number of phosphoric acid groups is 1. The number of anilines is 1. The van der Waals surface area contributed by atoms with Crippen LogP contribution in [0.4, 0.5) is 5.82 Å². The van der Waals surface area contributed by atoms with Crippen LogP contribution in [0.2, 0.25) is 0 Å². The largest absolute Gasteiger partial charge is 0.477 e. The summed E-state index contributed by atoms with van der Waals surface area (Å²) in [6.07, 6.45) is -29.4. The summed E-state index contributed by atoms with van der Waals surface area (Å²) in [6, 6.07) is -1.89. The number of nitrogens with one attached hydrogen (secondary N) is 2. The Hall–Kier alpha value is -2.78. The second-order valence-corrected chi connectivity index (χ2v) is 20.4. The van der Waals surface area contributed by atoms with E-state index in [0.717, 1.165) is 36.4 Å². The Bertz CT molecular complexity index is 2070. The first-order chi connectivity index (χ1) is 33.3. The van der Waals surface area contributed by atoms with Crippen molar-refractivity contribution < 1.29 is 123 Å². The molecule has 34 heteroatoms. The zero-order valence-corrected chi connectivity index (χ0v) is 40.3. The Balaban J connectivity index is 1.33. The third kappa shape index (κ3) is 13.6. The molecule has 406 valence electrons. The summed E-state index contributed by atoms with van der Waals surface area (Å²) in [5.41, 5.74) is 4.49. The molecule has 1 aromatic heterocycles. The lowest BCUT2D eigenvalue weighted by Gasteiger charge is -2.50. The van der Waals surface area contributed by atoms with Crippen LogP contribution in [0.15, 0.2) is 17.1 Å². The highest BCUT2D eigenvalue weighted by Crippen LogP contribution is 2.53. The fourth-order valence-corrected chi connectivity index (χ4v) is 11.7. The summed E-state index contributed by atoms with van der Waals surface area (Å²) in [7, 11) is -4.64. The summed E-state index contributed by atoms with van der Waals surface area (Å²) in [5.74, 6) is -8.02. The molecule has 4 fully saturated rings. The Labute approximate surface area is 410 Å². The first-order valence-corrected chi connectivity index (χ1v) is 25.2. The molecule has 4 aliphatic rings. The number of ether oxygens (including phenoxy) is 6. The molecular weight excluding hydrogens is 1030 g/mol.